The molecule has 2 aromatic rings. The standard InChI is InChI=1S/C23H29N3O4S/c1-17(2)24-23(28)18(3)25(14-13-19-7-5-4-6-8-19)22(27)16-31-15-20-9-11-21(12-10-20)26(29)30/h4-12,17-18H,13-16H2,1-3H3,(H,24,28)/t18-/m1/s1. The van der Waals surface area contributed by atoms with Gasteiger partial charge in [-0.05, 0) is 38.3 Å². The molecule has 31 heavy (non-hydrogen) atoms. The summed E-state index contributed by atoms with van der Waals surface area (Å²) in [6.07, 6.45) is 0.666. The van der Waals surface area contributed by atoms with Crippen LogP contribution < -0.4 is 5.32 Å². The van der Waals surface area contributed by atoms with Gasteiger partial charge in [0.1, 0.15) is 6.04 Å². The summed E-state index contributed by atoms with van der Waals surface area (Å²) in [6, 6.07) is 15.6. The van der Waals surface area contributed by atoms with Gasteiger partial charge >= 0.3 is 0 Å². The lowest BCUT2D eigenvalue weighted by atomic mass is 10.1. The Hall–Kier alpha value is -2.87. The van der Waals surface area contributed by atoms with Gasteiger partial charge in [0.05, 0.1) is 10.7 Å². The van der Waals surface area contributed by atoms with Gasteiger partial charge in [-0.1, -0.05) is 42.5 Å². The maximum Gasteiger partial charge on any atom is 0.269 e. The highest BCUT2D eigenvalue weighted by Crippen LogP contribution is 2.18. The zero-order chi connectivity index (χ0) is 22.8. The number of nitro groups is 1. The highest BCUT2D eigenvalue weighted by molar-refractivity contribution is 7.99. The molecule has 0 aliphatic heterocycles. The highest BCUT2D eigenvalue weighted by Gasteiger charge is 2.25. The fourth-order valence-electron chi connectivity index (χ4n) is 3.03. The normalized spacial score (nSPS) is 11.7. The Balaban J connectivity index is 1.98. The number of nitrogens with zero attached hydrogens (tertiary/aromatic N) is 2. The van der Waals surface area contributed by atoms with Crippen LogP contribution in [0, 0.1) is 10.1 Å². The molecule has 0 unspecified atom stereocenters. The van der Waals surface area contributed by atoms with Crippen molar-refractivity contribution in [2.75, 3.05) is 12.3 Å². The van der Waals surface area contributed by atoms with E-state index in [1.165, 1.54) is 23.9 Å². The Bertz CT molecular complexity index is 872. The van der Waals surface area contributed by atoms with E-state index in [1.54, 1.807) is 24.0 Å². The molecule has 7 nitrogen and oxygen atoms in total. The summed E-state index contributed by atoms with van der Waals surface area (Å²) < 4.78 is 0. The Labute approximate surface area is 187 Å². The molecule has 0 heterocycles. The molecule has 0 aliphatic carbocycles. The third kappa shape index (κ3) is 8.05. The number of benzene rings is 2. The molecule has 2 amide bonds. The molecule has 0 saturated carbocycles. The van der Waals surface area contributed by atoms with Crippen molar-refractivity contribution in [1.29, 1.82) is 0 Å². The van der Waals surface area contributed by atoms with E-state index in [-0.39, 0.29) is 29.3 Å². The van der Waals surface area contributed by atoms with Gasteiger partial charge in [0, 0.05) is 30.5 Å². The van der Waals surface area contributed by atoms with Crippen LogP contribution in [0.3, 0.4) is 0 Å². The van der Waals surface area contributed by atoms with Crippen molar-refractivity contribution >= 4 is 29.3 Å². The Morgan fingerprint density at radius 3 is 2.26 bits per heavy atom. The summed E-state index contributed by atoms with van der Waals surface area (Å²) in [6.45, 7) is 5.98. The van der Waals surface area contributed by atoms with Gasteiger partial charge in [0.2, 0.25) is 11.8 Å². The smallest absolute Gasteiger partial charge is 0.269 e. The van der Waals surface area contributed by atoms with Crippen molar-refractivity contribution in [1.82, 2.24) is 10.2 Å². The van der Waals surface area contributed by atoms with Gasteiger partial charge in [-0.25, -0.2) is 0 Å². The third-order valence-corrected chi connectivity index (χ3v) is 5.71. The molecular formula is C23H29N3O4S. The number of rotatable bonds is 11. The average molecular weight is 444 g/mol. The minimum atomic E-state index is -0.571. The van der Waals surface area contributed by atoms with E-state index in [1.807, 2.05) is 44.2 Å². The Morgan fingerprint density at radius 2 is 1.68 bits per heavy atom. The van der Waals surface area contributed by atoms with Crippen molar-refractivity contribution in [3.05, 3.63) is 75.8 Å². The number of non-ortho nitro benzene ring substituents is 1. The fourth-order valence-corrected chi connectivity index (χ4v) is 3.90. The van der Waals surface area contributed by atoms with Crippen LogP contribution in [0.25, 0.3) is 0 Å². The molecule has 1 atom stereocenters. The van der Waals surface area contributed by atoms with E-state index in [4.69, 9.17) is 0 Å². The number of nitrogens with one attached hydrogen (secondary N) is 1. The van der Waals surface area contributed by atoms with E-state index >= 15 is 0 Å². The van der Waals surface area contributed by atoms with Crippen molar-refractivity contribution in [2.24, 2.45) is 0 Å². The largest absolute Gasteiger partial charge is 0.352 e. The summed E-state index contributed by atoms with van der Waals surface area (Å²) >= 11 is 1.43. The summed E-state index contributed by atoms with van der Waals surface area (Å²) in [7, 11) is 0. The number of amides is 2. The molecule has 0 fully saturated rings. The number of hydrogen-bond donors (Lipinski definition) is 1. The molecule has 166 valence electrons. The van der Waals surface area contributed by atoms with E-state index in [0.29, 0.717) is 18.7 Å². The van der Waals surface area contributed by atoms with Gasteiger partial charge in [-0.3, -0.25) is 19.7 Å². The zero-order valence-corrected chi connectivity index (χ0v) is 18.9. The minimum absolute atomic E-state index is 0.00228. The lowest BCUT2D eigenvalue weighted by Gasteiger charge is -2.29. The second-order valence-electron chi connectivity index (χ2n) is 7.58. The maximum absolute atomic E-state index is 13.0. The summed E-state index contributed by atoms with van der Waals surface area (Å²) in [5.74, 6) is 0.513. The first-order valence-electron chi connectivity index (χ1n) is 10.2. The first kappa shape index (κ1) is 24.4. The molecule has 2 aromatic carbocycles. The monoisotopic (exact) mass is 443 g/mol. The predicted molar refractivity (Wildman–Crippen MR) is 124 cm³/mol. The molecule has 0 radical (unpaired) electrons. The van der Waals surface area contributed by atoms with Crippen LogP contribution >= 0.6 is 11.8 Å². The van der Waals surface area contributed by atoms with Gasteiger partial charge < -0.3 is 10.2 Å². The van der Waals surface area contributed by atoms with Crippen LogP contribution in [0.4, 0.5) is 5.69 Å². The van der Waals surface area contributed by atoms with Crippen LogP contribution in [0.1, 0.15) is 31.9 Å². The van der Waals surface area contributed by atoms with Crippen molar-refractivity contribution in [2.45, 2.75) is 45.0 Å². The molecule has 0 saturated heterocycles. The van der Waals surface area contributed by atoms with Gasteiger partial charge in [0.15, 0.2) is 0 Å². The van der Waals surface area contributed by atoms with Gasteiger partial charge in [0.25, 0.3) is 5.69 Å². The van der Waals surface area contributed by atoms with Gasteiger partial charge in [-0.2, -0.15) is 0 Å². The molecule has 2 rings (SSSR count). The fraction of sp³-hybridized carbons (Fsp3) is 0.391. The van der Waals surface area contributed by atoms with E-state index in [2.05, 4.69) is 5.32 Å². The van der Waals surface area contributed by atoms with Crippen molar-refractivity contribution in [3.8, 4) is 0 Å². The SMILES string of the molecule is CC(C)NC(=O)[C@@H](C)N(CCc1ccccc1)C(=O)CSCc1ccc([N+](=O)[O-])cc1. The van der Waals surface area contributed by atoms with Crippen LogP contribution in [0.2, 0.25) is 0 Å². The molecule has 0 aliphatic rings. The van der Waals surface area contributed by atoms with E-state index < -0.39 is 11.0 Å². The topological polar surface area (TPSA) is 92.6 Å². The second kappa shape index (κ2) is 12.1. The van der Waals surface area contributed by atoms with Crippen LogP contribution in [0.15, 0.2) is 54.6 Å². The van der Waals surface area contributed by atoms with Gasteiger partial charge in [-0.15, -0.1) is 11.8 Å². The maximum atomic E-state index is 13.0. The minimum Gasteiger partial charge on any atom is -0.352 e. The number of nitro benzene ring substituents is 1. The molecule has 0 bridgehead atoms. The van der Waals surface area contributed by atoms with Crippen LogP contribution in [-0.2, 0) is 21.8 Å². The summed E-state index contributed by atoms with van der Waals surface area (Å²) in [5.41, 5.74) is 2.06. The zero-order valence-electron chi connectivity index (χ0n) is 18.1. The third-order valence-electron chi connectivity index (χ3n) is 4.72. The second-order valence-corrected chi connectivity index (χ2v) is 8.56. The van der Waals surface area contributed by atoms with E-state index in [0.717, 1.165) is 11.1 Å². The number of thioether (sulfide) groups is 1. The summed E-state index contributed by atoms with van der Waals surface area (Å²) in [4.78, 5) is 37.4. The highest BCUT2D eigenvalue weighted by atomic mass is 32.2. The molecule has 0 spiro atoms. The van der Waals surface area contributed by atoms with E-state index in [9.17, 15) is 19.7 Å². The first-order valence-corrected chi connectivity index (χ1v) is 11.4. The summed E-state index contributed by atoms with van der Waals surface area (Å²) in [5, 5.41) is 13.6. The average Bonchev–Trinajstić information content (AvgIpc) is 2.74. The number of carbonyl (C=O) groups is 2. The van der Waals surface area contributed by atoms with Crippen molar-refractivity contribution < 1.29 is 14.5 Å². The lowest BCUT2D eigenvalue weighted by Crippen LogP contribution is -2.50. The predicted octanol–water partition coefficient (Wildman–Crippen LogP) is 3.81. The first-order chi connectivity index (χ1) is 14.8. The molecular weight excluding hydrogens is 414 g/mol. The Kier molecular flexibility index (Phi) is 9.52. The number of carbonyl (C=O) groups excluding carboxylic acids is 2. The van der Waals surface area contributed by atoms with Crippen molar-refractivity contribution in [3.63, 3.8) is 0 Å². The van der Waals surface area contributed by atoms with Crippen LogP contribution in [0.5, 0.6) is 0 Å². The molecule has 8 heteroatoms. The van der Waals surface area contributed by atoms with Crippen LogP contribution in [-0.4, -0.2) is 46.0 Å². The number of hydrogen-bond acceptors (Lipinski definition) is 5. The lowest BCUT2D eigenvalue weighted by molar-refractivity contribution is -0.384. The molecule has 1 N–H and O–H groups in total. The Morgan fingerprint density at radius 1 is 1.03 bits per heavy atom. The quantitative estimate of drug-likeness (QED) is 0.421. The molecule has 0 aromatic heterocycles.